The number of hydrogen-bond acceptors (Lipinski definition) is 6. The molecule has 1 aliphatic rings. The minimum absolute atomic E-state index is 0.0385. The topological polar surface area (TPSA) is 94.2 Å². The van der Waals surface area contributed by atoms with E-state index in [1.54, 1.807) is 47.4 Å². The van der Waals surface area contributed by atoms with Crippen molar-refractivity contribution in [2.75, 3.05) is 31.5 Å². The zero-order chi connectivity index (χ0) is 26.6. The molecule has 37 heavy (non-hydrogen) atoms. The fraction of sp³-hybridized carbons (Fsp3) is 0.321. The predicted molar refractivity (Wildman–Crippen MR) is 142 cm³/mol. The van der Waals surface area contributed by atoms with E-state index in [1.165, 1.54) is 13.2 Å². The number of carbonyl (C=O) groups is 1. The van der Waals surface area contributed by atoms with E-state index >= 15 is 0 Å². The van der Waals surface area contributed by atoms with Gasteiger partial charge in [-0.25, -0.2) is 8.42 Å². The van der Waals surface area contributed by atoms with Gasteiger partial charge in [0, 0.05) is 18.2 Å². The van der Waals surface area contributed by atoms with Gasteiger partial charge in [-0.15, -0.1) is 0 Å². The molecule has 3 aromatic carbocycles. The van der Waals surface area contributed by atoms with E-state index in [9.17, 15) is 13.2 Å². The lowest BCUT2D eigenvalue weighted by Gasteiger charge is -2.20. The normalized spacial score (nSPS) is 17.5. The molecule has 1 N–H and O–H groups in total. The minimum Gasteiger partial charge on any atom is -0.495 e. The first-order valence-electron chi connectivity index (χ1n) is 12.1. The molecule has 3 aromatic rings. The molecule has 196 valence electrons. The van der Waals surface area contributed by atoms with E-state index in [0.717, 1.165) is 11.1 Å². The van der Waals surface area contributed by atoms with Crippen LogP contribution in [0.3, 0.4) is 0 Å². The van der Waals surface area contributed by atoms with Crippen LogP contribution in [0.1, 0.15) is 28.4 Å². The lowest BCUT2D eigenvalue weighted by atomic mass is 10.0. The van der Waals surface area contributed by atoms with Gasteiger partial charge in [0.15, 0.2) is 0 Å². The Hall–Kier alpha value is -3.56. The lowest BCUT2D eigenvalue weighted by Crippen LogP contribution is -2.32. The molecule has 1 fully saturated rings. The van der Waals surface area contributed by atoms with Crippen LogP contribution in [-0.4, -0.2) is 58.2 Å². The van der Waals surface area contributed by atoms with Crippen LogP contribution in [0.15, 0.2) is 71.6 Å². The molecule has 2 atom stereocenters. The van der Waals surface area contributed by atoms with E-state index in [4.69, 9.17) is 14.2 Å². The van der Waals surface area contributed by atoms with E-state index in [2.05, 4.69) is 4.72 Å². The third kappa shape index (κ3) is 6.06. The fourth-order valence-corrected chi connectivity index (χ4v) is 5.61. The number of carbonyl (C=O) groups excluding carboxylic acids is 1. The van der Waals surface area contributed by atoms with Crippen molar-refractivity contribution in [2.45, 2.75) is 37.9 Å². The smallest absolute Gasteiger partial charge is 0.265 e. The minimum atomic E-state index is -3.89. The standard InChI is InChI=1S/C28H32N2O6S/c1-5-35-25-17-30(28(31)23-15-19(2)13-14-20(23)3)18-26(25)36-22-10-8-9-21(16-22)29-37(32,33)27-12-7-6-11-24(27)34-4/h6-16,25-26,29H,5,17-18H2,1-4H3. The highest BCUT2D eigenvalue weighted by Crippen LogP contribution is 2.28. The number of likely N-dealkylation sites (tertiary alicyclic amines) is 1. The van der Waals surface area contributed by atoms with Crippen molar-refractivity contribution in [3.05, 3.63) is 83.4 Å². The maximum Gasteiger partial charge on any atom is 0.265 e. The molecule has 1 heterocycles. The number of hydrogen-bond donors (Lipinski definition) is 1. The number of anilines is 1. The second-order valence-corrected chi connectivity index (χ2v) is 10.6. The molecule has 0 radical (unpaired) electrons. The van der Waals surface area contributed by atoms with E-state index in [-0.39, 0.29) is 22.7 Å². The van der Waals surface area contributed by atoms with Crippen molar-refractivity contribution in [3.8, 4) is 11.5 Å². The highest BCUT2D eigenvalue weighted by molar-refractivity contribution is 7.92. The largest absolute Gasteiger partial charge is 0.495 e. The number of ether oxygens (including phenoxy) is 3. The van der Waals surface area contributed by atoms with Crippen LogP contribution in [0.25, 0.3) is 0 Å². The highest BCUT2D eigenvalue weighted by atomic mass is 32.2. The summed E-state index contributed by atoms with van der Waals surface area (Å²) in [4.78, 5) is 15.1. The molecule has 9 heteroatoms. The number of methoxy groups -OCH3 is 1. The fourth-order valence-electron chi connectivity index (χ4n) is 4.39. The van der Waals surface area contributed by atoms with Crippen molar-refractivity contribution in [1.29, 1.82) is 0 Å². The summed E-state index contributed by atoms with van der Waals surface area (Å²) in [6, 6.07) is 19.0. The molecule has 4 rings (SSSR count). The first-order valence-corrected chi connectivity index (χ1v) is 13.6. The van der Waals surface area contributed by atoms with Gasteiger partial charge in [0.1, 0.15) is 28.6 Å². The van der Waals surface area contributed by atoms with Crippen LogP contribution in [0.4, 0.5) is 5.69 Å². The molecule has 0 saturated carbocycles. The summed E-state index contributed by atoms with van der Waals surface area (Å²) in [5.41, 5.74) is 2.96. The van der Waals surface area contributed by atoms with Crippen molar-refractivity contribution < 1.29 is 27.4 Å². The maximum absolute atomic E-state index is 13.3. The Labute approximate surface area is 218 Å². The number of rotatable bonds is 9. The molecule has 0 bridgehead atoms. The van der Waals surface area contributed by atoms with E-state index < -0.39 is 16.1 Å². The van der Waals surface area contributed by atoms with Crippen LogP contribution < -0.4 is 14.2 Å². The Morgan fingerprint density at radius 2 is 1.76 bits per heavy atom. The zero-order valence-electron chi connectivity index (χ0n) is 21.4. The number of nitrogens with zero attached hydrogens (tertiary/aromatic N) is 1. The molecule has 0 spiro atoms. The summed E-state index contributed by atoms with van der Waals surface area (Å²) in [6.07, 6.45) is -0.719. The van der Waals surface area contributed by atoms with Gasteiger partial charge in [-0.1, -0.05) is 35.9 Å². The number of nitrogens with one attached hydrogen (secondary N) is 1. The average Bonchev–Trinajstić information content (AvgIpc) is 3.27. The van der Waals surface area contributed by atoms with Crippen LogP contribution in [-0.2, 0) is 14.8 Å². The van der Waals surface area contributed by atoms with Gasteiger partial charge in [0.05, 0.1) is 25.9 Å². The molecular weight excluding hydrogens is 492 g/mol. The number of sulfonamides is 1. The predicted octanol–water partition coefficient (Wildman–Crippen LogP) is 4.42. The Balaban J connectivity index is 1.51. The molecule has 0 aliphatic carbocycles. The molecule has 0 aromatic heterocycles. The van der Waals surface area contributed by atoms with Gasteiger partial charge in [0.25, 0.3) is 15.9 Å². The van der Waals surface area contributed by atoms with Crippen LogP contribution >= 0.6 is 0 Å². The van der Waals surface area contributed by atoms with Gasteiger partial charge < -0.3 is 19.1 Å². The van der Waals surface area contributed by atoms with Crippen molar-refractivity contribution in [3.63, 3.8) is 0 Å². The average molecular weight is 525 g/mol. The van der Waals surface area contributed by atoms with Gasteiger partial charge >= 0.3 is 0 Å². The second-order valence-electron chi connectivity index (χ2n) is 8.96. The summed E-state index contributed by atoms with van der Waals surface area (Å²) in [5.74, 6) is 0.660. The first-order chi connectivity index (χ1) is 17.7. The third-order valence-corrected chi connectivity index (χ3v) is 7.66. The highest BCUT2D eigenvalue weighted by Gasteiger charge is 2.38. The summed E-state index contributed by atoms with van der Waals surface area (Å²) in [5, 5.41) is 0. The Morgan fingerprint density at radius 3 is 2.51 bits per heavy atom. The summed E-state index contributed by atoms with van der Waals surface area (Å²) >= 11 is 0. The summed E-state index contributed by atoms with van der Waals surface area (Å²) in [6.45, 7) is 7.03. The Bertz CT molecular complexity index is 1370. The number of amides is 1. The number of para-hydroxylation sites is 1. The molecule has 1 aliphatic heterocycles. The quantitative estimate of drug-likeness (QED) is 0.445. The zero-order valence-corrected chi connectivity index (χ0v) is 22.2. The van der Waals surface area contributed by atoms with Gasteiger partial charge in [0.2, 0.25) is 0 Å². The monoisotopic (exact) mass is 524 g/mol. The number of aryl methyl sites for hydroxylation is 2. The van der Waals surface area contributed by atoms with Crippen LogP contribution in [0, 0.1) is 13.8 Å². The Kier molecular flexibility index (Phi) is 8.04. The van der Waals surface area contributed by atoms with Gasteiger partial charge in [-0.2, -0.15) is 0 Å². The Morgan fingerprint density at radius 1 is 1.00 bits per heavy atom. The van der Waals surface area contributed by atoms with Crippen LogP contribution in [0.2, 0.25) is 0 Å². The first kappa shape index (κ1) is 26.5. The van der Waals surface area contributed by atoms with Gasteiger partial charge in [-0.3, -0.25) is 9.52 Å². The molecule has 2 unspecified atom stereocenters. The van der Waals surface area contributed by atoms with Crippen molar-refractivity contribution >= 4 is 21.6 Å². The van der Waals surface area contributed by atoms with Crippen molar-refractivity contribution in [2.24, 2.45) is 0 Å². The van der Waals surface area contributed by atoms with E-state index in [0.29, 0.717) is 36.7 Å². The molecular formula is C28H32N2O6S. The molecule has 1 saturated heterocycles. The SMILES string of the molecule is CCOC1CN(C(=O)c2cc(C)ccc2C)CC1Oc1cccc(NS(=O)(=O)c2ccccc2OC)c1. The van der Waals surface area contributed by atoms with Crippen molar-refractivity contribution in [1.82, 2.24) is 4.90 Å². The number of benzene rings is 3. The van der Waals surface area contributed by atoms with Gasteiger partial charge in [-0.05, 0) is 56.7 Å². The summed E-state index contributed by atoms with van der Waals surface area (Å²) < 4.78 is 45.9. The van der Waals surface area contributed by atoms with E-state index in [1.807, 2.05) is 39.0 Å². The van der Waals surface area contributed by atoms with Crippen LogP contribution in [0.5, 0.6) is 11.5 Å². The lowest BCUT2D eigenvalue weighted by molar-refractivity contribution is 0.00820. The summed E-state index contributed by atoms with van der Waals surface area (Å²) in [7, 11) is -2.46. The second kappa shape index (κ2) is 11.2. The molecule has 1 amide bonds. The maximum atomic E-state index is 13.3. The molecule has 8 nitrogen and oxygen atoms in total. The third-order valence-electron chi connectivity index (χ3n) is 6.24.